The van der Waals surface area contributed by atoms with Crippen molar-refractivity contribution in [3.8, 4) is 0 Å². The molecule has 3 aliphatic rings. The Bertz CT molecular complexity index is 1600. The molecule has 19 nitrogen and oxygen atoms in total. The van der Waals surface area contributed by atoms with Gasteiger partial charge in [-0.1, -0.05) is 159 Å². The van der Waals surface area contributed by atoms with E-state index in [1.807, 2.05) is 6.08 Å². The molecule has 17 atom stereocenters. The number of allylic oxidation sites excluding steroid dienone is 7. The Kier molecular flexibility index (Phi) is 37.4. The number of unbranched alkanes of at least 4 members (excludes halogenated alkanes) is 20. The molecule has 0 spiro atoms. The Morgan fingerprint density at radius 2 is 0.870 bits per heavy atom. The monoisotopic (exact) mass is 1100 g/mol. The van der Waals surface area contributed by atoms with Gasteiger partial charge in [0.15, 0.2) is 18.9 Å². The van der Waals surface area contributed by atoms with E-state index in [9.17, 15) is 61.0 Å². The second-order valence-corrected chi connectivity index (χ2v) is 21.1. The number of aliphatic hydroxyl groups is 11. The Morgan fingerprint density at radius 3 is 1.39 bits per heavy atom. The summed E-state index contributed by atoms with van der Waals surface area (Å²) in [5, 5.41) is 120. The molecule has 0 saturated carbocycles. The van der Waals surface area contributed by atoms with Crippen LogP contribution in [-0.4, -0.2) is 193 Å². The van der Waals surface area contributed by atoms with Crippen LogP contribution in [0.4, 0.5) is 0 Å². The number of hydrogen-bond donors (Lipinski definition) is 12. The van der Waals surface area contributed by atoms with Gasteiger partial charge in [0.1, 0.15) is 73.2 Å². The first-order chi connectivity index (χ1) is 37.3. The average molecular weight is 1100 g/mol. The summed E-state index contributed by atoms with van der Waals surface area (Å²) in [5.74, 6) is -0.296. The minimum absolute atomic E-state index is 0.225. The predicted octanol–water partition coefficient (Wildman–Crippen LogP) is 4.70. The van der Waals surface area contributed by atoms with Crippen LogP contribution in [0.25, 0.3) is 0 Å². The summed E-state index contributed by atoms with van der Waals surface area (Å²) in [6.07, 6.45) is 18.1. The molecule has 3 saturated heterocycles. The summed E-state index contributed by atoms with van der Waals surface area (Å²) in [4.78, 5) is 13.3. The van der Waals surface area contributed by atoms with Crippen molar-refractivity contribution in [2.45, 2.75) is 285 Å². The lowest BCUT2D eigenvalue weighted by Crippen LogP contribution is -2.66. The fourth-order valence-corrected chi connectivity index (χ4v) is 9.71. The molecule has 0 bridgehead atoms. The van der Waals surface area contributed by atoms with Gasteiger partial charge in [0.2, 0.25) is 5.91 Å². The maximum absolute atomic E-state index is 13.3. The minimum atomic E-state index is -1.98. The fraction of sp³-hybridized carbons (Fsp3) is 0.845. The molecule has 0 aliphatic carbocycles. The Morgan fingerprint density at radius 1 is 0.468 bits per heavy atom. The average Bonchev–Trinajstić information content (AvgIpc) is 3.42. The third kappa shape index (κ3) is 26.0. The maximum Gasteiger partial charge on any atom is 0.220 e. The number of aliphatic hydroxyl groups excluding tert-OH is 11. The van der Waals surface area contributed by atoms with Gasteiger partial charge in [0.25, 0.3) is 0 Å². The molecule has 19 heteroatoms. The first-order valence-electron chi connectivity index (χ1n) is 29.4. The molecule has 0 aromatic rings. The molecule has 0 aromatic heterocycles. The molecule has 12 N–H and O–H groups in total. The van der Waals surface area contributed by atoms with E-state index in [1.165, 1.54) is 70.6 Å². The van der Waals surface area contributed by atoms with Gasteiger partial charge in [-0.15, -0.1) is 0 Å². The van der Waals surface area contributed by atoms with Crippen molar-refractivity contribution >= 4 is 5.91 Å². The molecule has 3 heterocycles. The molecule has 0 aromatic carbocycles. The van der Waals surface area contributed by atoms with Crippen LogP contribution in [0.1, 0.15) is 181 Å². The van der Waals surface area contributed by atoms with Gasteiger partial charge in [-0.3, -0.25) is 4.79 Å². The molecular weight excluding hydrogens is 999 g/mol. The number of carbonyl (C=O) groups excluding carboxylic acids is 1. The standard InChI is InChI=1S/C58H103NO18/c1-3-5-7-9-11-13-15-17-19-20-21-22-24-26-28-30-32-34-36-46(64)59-41(42(63)35-33-31-29-27-25-23-18-16-14-12-10-8-6-4-2)40-72-56-52(70)49(67)54(44(38-61)74-56)77-58-53(71)50(68)55(45(39-62)75-58)76-57-51(69)48(66)47(65)43(37-60)73-57/h13,15,19-20,25,27,33,35,41-45,47-58,60-63,65-71H,3-12,14,16-18,21-24,26,28-32,34,36-40H2,1-2H3,(H,59,64)/b15-13-,20-19-,27-25+,35-33+. The van der Waals surface area contributed by atoms with Crippen LogP contribution < -0.4 is 5.32 Å². The number of nitrogens with one attached hydrogen (secondary N) is 1. The molecule has 3 aliphatic heterocycles. The van der Waals surface area contributed by atoms with Crippen LogP contribution in [0.3, 0.4) is 0 Å². The molecule has 1 amide bonds. The molecular formula is C58H103NO18. The summed E-state index contributed by atoms with van der Waals surface area (Å²) in [5.41, 5.74) is 0. The zero-order valence-corrected chi connectivity index (χ0v) is 46.4. The normalized spacial score (nSPS) is 31.1. The second-order valence-electron chi connectivity index (χ2n) is 21.1. The van der Waals surface area contributed by atoms with Crippen molar-refractivity contribution in [2.24, 2.45) is 0 Å². The van der Waals surface area contributed by atoms with Crippen molar-refractivity contribution in [2.75, 3.05) is 26.4 Å². The third-order valence-electron chi connectivity index (χ3n) is 14.6. The number of rotatable bonds is 42. The van der Waals surface area contributed by atoms with Crippen LogP contribution in [0.2, 0.25) is 0 Å². The van der Waals surface area contributed by atoms with E-state index in [1.54, 1.807) is 6.08 Å². The van der Waals surface area contributed by atoms with Crippen LogP contribution in [0.5, 0.6) is 0 Å². The summed E-state index contributed by atoms with van der Waals surface area (Å²) < 4.78 is 34.2. The largest absolute Gasteiger partial charge is 0.394 e. The molecule has 3 fully saturated rings. The first kappa shape index (κ1) is 69.0. The topological polar surface area (TPSA) is 307 Å². The fourth-order valence-electron chi connectivity index (χ4n) is 9.71. The lowest BCUT2D eigenvalue weighted by molar-refractivity contribution is -0.379. The number of ether oxygens (including phenoxy) is 6. The van der Waals surface area contributed by atoms with Gasteiger partial charge in [0.05, 0.1) is 38.6 Å². The number of carbonyl (C=O) groups is 1. The number of hydrogen-bond acceptors (Lipinski definition) is 18. The van der Waals surface area contributed by atoms with E-state index in [0.29, 0.717) is 12.8 Å². The van der Waals surface area contributed by atoms with Crippen molar-refractivity contribution in [1.82, 2.24) is 5.32 Å². The van der Waals surface area contributed by atoms with Crippen LogP contribution in [0, 0.1) is 0 Å². The maximum atomic E-state index is 13.3. The lowest BCUT2D eigenvalue weighted by atomic mass is 9.96. The molecule has 448 valence electrons. The lowest BCUT2D eigenvalue weighted by Gasteiger charge is -2.48. The van der Waals surface area contributed by atoms with E-state index >= 15 is 0 Å². The van der Waals surface area contributed by atoms with Gasteiger partial charge in [0, 0.05) is 6.42 Å². The highest BCUT2D eigenvalue weighted by Gasteiger charge is 2.53. The molecule has 77 heavy (non-hydrogen) atoms. The zero-order valence-electron chi connectivity index (χ0n) is 46.4. The Labute approximate surface area is 459 Å². The quantitative estimate of drug-likeness (QED) is 0.0291. The van der Waals surface area contributed by atoms with E-state index < -0.39 is 124 Å². The minimum Gasteiger partial charge on any atom is -0.394 e. The van der Waals surface area contributed by atoms with Crippen molar-refractivity contribution in [3.63, 3.8) is 0 Å². The zero-order chi connectivity index (χ0) is 56.2. The smallest absolute Gasteiger partial charge is 0.220 e. The van der Waals surface area contributed by atoms with Gasteiger partial charge >= 0.3 is 0 Å². The second kappa shape index (κ2) is 41.7. The first-order valence-corrected chi connectivity index (χ1v) is 29.4. The van der Waals surface area contributed by atoms with Crippen LogP contribution >= 0.6 is 0 Å². The van der Waals surface area contributed by atoms with Gasteiger partial charge in [-0.2, -0.15) is 0 Å². The highest BCUT2D eigenvalue weighted by Crippen LogP contribution is 2.33. The summed E-state index contributed by atoms with van der Waals surface area (Å²) in [6.45, 7) is 1.65. The van der Waals surface area contributed by atoms with Crippen molar-refractivity contribution < 1.29 is 89.4 Å². The van der Waals surface area contributed by atoms with Crippen molar-refractivity contribution in [1.29, 1.82) is 0 Å². The SMILES string of the molecule is CCCCCC/C=C\C/C=C\CCCCCCCCCC(=O)NC(COC1OC(CO)C(OC2OC(CO)C(OC3OC(CO)C(O)C(O)C3O)C(O)C2O)C(O)C1O)C(O)/C=C/CC/C=C/CCCCCCCCCC. The van der Waals surface area contributed by atoms with E-state index in [2.05, 4.69) is 55.6 Å². The third-order valence-corrected chi connectivity index (χ3v) is 14.6. The summed E-state index contributed by atoms with van der Waals surface area (Å²) in [7, 11) is 0. The summed E-state index contributed by atoms with van der Waals surface area (Å²) >= 11 is 0. The van der Waals surface area contributed by atoms with Gasteiger partial charge < -0.3 is 89.9 Å². The number of amides is 1. The highest BCUT2D eigenvalue weighted by atomic mass is 16.8. The van der Waals surface area contributed by atoms with Crippen LogP contribution in [-0.2, 0) is 33.2 Å². The van der Waals surface area contributed by atoms with Gasteiger partial charge in [-0.25, -0.2) is 0 Å². The highest BCUT2D eigenvalue weighted by molar-refractivity contribution is 5.76. The predicted molar refractivity (Wildman–Crippen MR) is 291 cm³/mol. The Balaban J connectivity index is 1.53. The van der Waals surface area contributed by atoms with E-state index in [4.69, 9.17) is 28.4 Å². The van der Waals surface area contributed by atoms with Gasteiger partial charge in [-0.05, 0) is 64.2 Å². The van der Waals surface area contributed by atoms with E-state index in [0.717, 1.165) is 77.0 Å². The molecule has 3 rings (SSSR count). The van der Waals surface area contributed by atoms with Crippen molar-refractivity contribution in [3.05, 3.63) is 48.6 Å². The molecule has 0 radical (unpaired) electrons. The van der Waals surface area contributed by atoms with Crippen LogP contribution in [0.15, 0.2) is 48.6 Å². The Hall–Kier alpha value is -2.25. The molecule has 17 unspecified atom stereocenters. The summed E-state index contributed by atoms with van der Waals surface area (Å²) in [6, 6.07) is -0.993. The van der Waals surface area contributed by atoms with E-state index in [-0.39, 0.29) is 18.9 Å².